The van der Waals surface area contributed by atoms with Gasteiger partial charge in [0.25, 0.3) is 5.91 Å². The van der Waals surface area contributed by atoms with Crippen molar-refractivity contribution in [3.05, 3.63) is 41.7 Å². The third kappa shape index (κ3) is 4.62. The van der Waals surface area contributed by atoms with Crippen molar-refractivity contribution >= 4 is 28.6 Å². The second-order valence-electron chi connectivity index (χ2n) is 8.56. The maximum atomic E-state index is 13.1. The van der Waals surface area contributed by atoms with Crippen LogP contribution in [0.2, 0.25) is 0 Å². The number of pyridine rings is 1. The molecule has 33 heavy (non-hydrogen) atoms. The van der Waals surface area contributed by atoms with Gasteiger partial charge in [0.05, 0.1) is 17.1 Å². The fourth-order valence-electron chi connectivity index (χ4n) is 3.52. The molecule has 1 aliphatic heterocycles. The van der Waals surface area contributed by atoms with Gasteiger partial charge in [0, 0.05) is 23.5 Å². The summed E-state index contributed by atoms with van der Waals surface area (Å²) in [6.07, 6.45) is 0.597. The maximum absolute atomic E-state index is 13.1. The van der Waals surface area contributed by atoms with E-state index in [0.29, 0.717) is 47.0 Å². The summed E-state index contributed by atoms with van der Waals surface area (Å²) in [5.41, 5.74) is 2.25. The normalized spacial score (nSPS) is 13.9. The van der Waals surface area contributed by atoms with Gasteiger partial charge in [0.15, 0.2) is 23.3 Å². The number of hydrogen-bond donors (Lipinski definition) is 1. The summed E-state index contributed by atoms with van der Waals surface area (Å²) in [5.74, 6) is 0.242. The van der Waals surface area contributed by atoms with Gasteiger partial charge in [0.1, 0.15) is 13.2 Å². The number of carbonyl (C=O) groups is 2. The van der Waals surface area contributed by atoms with Crippen LogP contribution >= 0.6 is 0 Å². The molecule has 3 aromatic rings. The molecule has 0 fully saturated rings. The van der Waals surface area contributed by atoms with Crippen molar-refractivity contribution in [1.29, 1.82) is 0 Å². The summed E-state index contributed by atoms with van der Waals surface area (Å²) in [4.78, 5) is 30.5. The number of carbonyl (C=O) groups excluding carboxylic acids is 2. The number of nitrogens with zero attached hydrogens (tertiary/aromatic N) is 3. The van der Waals surface area contributed by atoms with Gasteiger partial charge in [-0.15, -0.1) is 0 Å². The number of anilines is 1. The summed E-state index contributed by atoms with van der Waals surface area (Å²) in [6, 6.07) is 6.92. The molecule has 4 rings (SSSR count). The second kappa shape index (κ2) is 9.09. The van der Waals surface area contributed by atoms with Crippen LogP contribution < -0.4 is 14.8 Å². The highest BCUT2D eigenvalue weighted by molar-refractivity contribution is 6.04. The monoisotopic (exact) mass is 452 g/mol. The number of ether oxygens (including phenoxy) is 3. The minimum atomic E-state index is -1.02. The molecule has 0 aliphatic carbocycles. The average Bonchev–Trinajstić information content (AvgIpc) is 3.22. The summed E-state index contributed by atoms with van der Waals surface area (Å²) < 4.78 is 18.3. The summed E-state index contributed by atoms with van der Waals surface area (Å²) in [6.45, 7) is 10.5. The predicted molar refractivity (Wildman–Crippen MR) is 123 cm³/mol. The number of rotatable bonds is 6. The summed E-state index contributed by atoms with van der Waals surface area (Å²) in [7, 11) is 0. The number of amides is 1. The molecular formula is C24H28N4O5. The zero-order valence-corrected chi connectivity index (χ0v) is 19.4. The molecule has 3 heterocycles. The van der Waals surface area contributed by atoms with Crippen LogP contribution in [-0.4, -0.2) is 46.0 Å². The van der Waals surface area contributed by atoms with Gasteiger partial charge in [-0.2, -0.15) is 5.10 Å². The first-order chi connectivity index (χ1) is 15.7. The van der Waals surface area contributed by atoms with E-state index >= 15 is 0 Å². The minimum Gasteiger partial charge on any atom is -0.486 e. The van der Waals surface area contributed by atoms with Crippen molar-refractivity contribution in [1.82, 2.24) is 14.8 Å². The largest absolute Gasteiger partial charge is 0.486 e. The van der Waals surface area contributed by atoms with Gasteiger partial charge in [-0.1, -0.05) is 13.8 Å². The number of benzene rings is 1. The summed E-state index contributed by atoms with van der Waals surface area (Å²) >= 11 is 0. The van der Waals surface area contributed by atoms with E-state index in [1.807, 2.05) is 27.7 Å². The molecule has 9 heteroatoms. The van der Waals surface area contributed by atoms with Gasteiger partial charge < -0.3 is 19.5 Å². The van der Waals surface area contributed by atoms with Crippen LogP contribution in [0.3, 0.4) is 0 Å². The Hall–Kier alpha value is -3.62. The number of hydrogen-bond acceptors (Lipinski definition) is 7. The Balaban J connectivity index is 1.53. The Bertz CT molecular complexity index is 1200. The van der Waals surface area contributed by atoms with E-state index in [4.69, 9.17) is 19.2 Å². The molecule has 1 atom stereocenters. The van der Waals surface area contributed by atoms with Crippen LogP contribution in [0.5, 0.6) is 11.5 Å². The zero-order valence-electron chi connectivity index (χ0n) is 19.4. The molecule has 1 aliphatic rings. The van der Waals surface area contributed by atoms with E-state index in [9.17, 15) is 9.59 Å². The van der Waals surface area contributed by atoms with Crippen molar-refractivity contribution in [2.75, 3.05) is 18.5 Å². The molecule has 0 saturated carbocycles. The molecule has 9 nitrogen and oxygen atoms in total. The van der Waals surface area contributed by atoms with Gasteiger partial charge in [0.2, 0.25) is 0 Å². The van der Waals surface area contributed by atoms with Gasteiger partial charge >= 0.3 is 5.97 Å². The Morgan fingerprint density at radius 3 is 2.48 bits per heavy atom. The molecule has 0 spiro atoms. The lowest BCUT2D eigenvalue weighted by molar-refractivity contribution is -0.123. The first kappa shape index (κ1) is 22.6. The van der Waals surface area contributed by atoms with Crippen LogP contribution in [-0.2, 0) is 9.53 Å². The Morgan fingerprint density at radius 2 is 1.79 bits per heavy atom. The molecule has 1 unspecified atom stereocenters. The van der Waals surface area contributed by atoms with Crippen molar-refractivity contribution in [3.63, 3.8) is 0 Å². The maximum Gasteiger partial charge on any atom is 0.339 e. The Labute approximate surface area is 192 Å². The first-order valence-electron chi connectivity index (χ1n) is 11.0. The van der Waals surface area contributed by atoms with E-state index in [-0.39, 0.29) is 12.0 Å². The fraction of sp³-hybridized carbons (Fsp3) is 0.417. The first-order valence-corrected chi connectivity index (χ1v) is 11.0. The number of esters is 1. The topological polar surface area (TPSA) is 105 Å². The van der Waals surface area contributed by atoms with Crippen LogP contribution in [0.25, 0.3) is 11.0 Å². The lowest BCUT2D eigenvalue weighted by atomic mass is 10.1. The van der Waals surface area contributed by atoms with Crippen molar-refractivity contribution < 1.29 is 23.8 Å². The van der Waals surface area contributed by atoms with E-state index in [2.05, 4.69) is 10.4 Å². The van der Waals surface area contributed by atoms with Crippen LogP contribution in [0.4, 0.5) is 5.69 Å². The quantitative estimate of drug-likeness (QED) is 0.562. The third-order valence-corrected chi connectivity index (χ3v) is 5.35. The van der Waals surface area contributed by atoms with E-state index in [1.54, 1.807) is 35.1 Å². The highest BCUT2D eigenvalue weighted by atomic mass is 16.6. The SMILES string of the molecule is CC(OC(=O)c1cc(C(C)C)nc2c1cnn2C(C)C)C(=O)Nc1ccc2c(c1)OCCO2. The average molecular weight is 453 g/mol. The molecule has 0 saturated heterocycles. The smallest absolute Gasteiger partial charge is 0.339 e. The minimum absolute atomic E-state index is 0.0805. The highest BCUT2D eigenvalue weighted by Crippen LogP contribution is 2.32. The van der Waals surface area contributed by atoms with E-state index in [1.165, 1.54) is 6.92 Å². The van der Waals surface area contributed by atoms with Crippen LogP contribution in [0, 0.1) is 0 Å². The zero-order chi connectivity index (χ0) is 23.7. The van der Waals surface area contributed by atoms with Crippen LogP contribution in [0.15, 0.2) is 30.5 Å². The number of aromatic nitrogens is 3. The molecule has 1 aromatic carbocycles. The van der Waals surface area contributed by atoms with Crippen molar-refractivity contribution in [2.45, 2.75) is 52.7 Å². The van der Waals surface area contributed by atoms with Gasteiger partial charge in [-0.3, -0.25) is 4.79 Å². The van der Waals surface area contributed by atoms with Gasteiger partial charge in [-0.05, 0) is 44.9 Å². The Kier molecular flexibility index (Phi) is 6.22. The van der Waals surface area contributed by atoms with Crippen molar-refractivity contribution in [2.24, 2.45) is 0 Å². The lowest BCUT2D eigenvalue weighted by Gasteiger charge is -2.19. The van der Waals surface area contributed by atoms with E-state index in [0.717, 1.165) is 5.69 Å². The third-order valence-electron chi connectivity index (χ3n) is 5.35. The molecule has 1 N–H and O–H groups in total. The highest BCUT2D eigenvalue weighted by Gasteiger charge is 2.24. The molecule has 1 amide bonds. The molecular weight excluding hydrogens is 424 g/mol. The molecule has 0 radical (unpaired) electrons. The van der Waals surface area contributed by atoms with E-state index < -0.39 is 18.0 Å². The number of nitrogens with one attached hydrogen (secondary N) is 1. The summed E-state index contributed by atoms with van der Waals surface area (Å²) in [5, 5.41) is 7.74. The molecule has 2 aromatic heterocycles. The van der Waals surface area contributed by atoms with Crippen molar-refractivity contribution in [3.8, 4) is 11.5 Å². The fourth-order valence-corrected chi connectivity index (χ4v) is 3.52. The van der Waals surface area contributed by atoms with Crippen LogP contribution in [0.1, 0.15) is 62.6 Å². The predicted octanol–water partition coefficient (Wildman–Crippen LogP) is 4.09. The second-order valence-corrected chi connectivity index (χ2v) is 8.56. The van der Waals surface area contributed by atoms with Gasteiger partial charge in [-0.25, -0.2) is 14.5 Å². The molecule has 174 valence electrons. The lowest BCUT2D eigenvalue weighted by Crippen LogP contribution is -2.30. The number of fused-ring (bicyclic) bond motifs is 2. The molecule has 0 bridgehead atoms. The standard InChI is InChI=1S/C24H28N4O5/c1-13(2)19-11-17(18-12-25-28(14(3)4)22(18)27-19)24(30)33-15(5)23(29)26-16-6-7-20-21(10-16)32-9-8-31-20/h6-7,10-15H,8-9H2,1-5H3,(H,26,29). The Morgan fingerprint density at radius 1 is 1.06 bits per heavy atom.